The SMILES string of the molecule is CC(C)NCc1cn(Cc2ccc(Cl)c(Cl)c2)nn1. The lowest BCUT2D eigenvalue weighted by Gasteiger charge is -2.04. The van der Waals surface area contributed by atoms with E-state index in [0.717, 1.165) is 17.8 Å². The first kappa shape index (κ1) is 14.3. The minimum absolute atomic E-state index is 0.431. The van der Waals surface area contributed by atoms with Crippen molar-refractivity contribution in [1.82, 2.24) is 20.3 Å². The van der Waals surface area contributed by atoms with Gasteiger partial charge in [0.25, 0.3) is 0 Å². The fourth-order valence-corrected chi connectivity index (χ4v) is 1.95. The summed E-state index contributed by atoms with van der Waals surface area (Å²) in [4.78, 5) is 0. The summed E-state index contributed by atoms with van der Waals surface area (Å²) >= 11 is 11.9. The summed E-state index contributed by atoms with van der Waals surface area (Å²) in [6, 6.07) is 6.00. The van der Waals surface area contributed by atoms with Gasteiger partial charge in [0.05, 0.1) is 28.5 Å². The van der Waals surface area contributed by atoms with E-state index in [2.05, 4.69) is 29.5 Å². The molecule has 0 radical (unpaired) electrons. The van der Waals surface area contributed by atoms with Gasteiger partial charge in [-0.05, 0) is 17.7 Å². The zero-order chi connectivity index (χ0) is 13.8. The molecule has 6 heteroatoms. The summed E-state index contributed by atoms with van der Waals surface area (Å²) in [5.41, 5.74) is 1.97. The molecule has 2 aromatic rings. The van der Waals surface area contributed by atoms with Gasteiger partial charge in [-0.3, -0.25) is 0 Å². The van der Waals surface area contributed by atoms with Crippen molar-refractivity contribution in [3.8, 4) is 0 Å². The molecule has 0 spiro atoms. The zero-order valence-electron chi connectivity index (χ0n) is 10.9. The van der Waals surface area contributed by atoms with E-state index in [0.29, 0.717) is 22.6 Å². The first-order chi connectivity index (χ1) is 9.04. The van der Waals surface area contributed by atoms with Crippen molar-refractivity contribution in [2.75, 3.05) is 0 Å². The number of rotatable bonds is 5. The van der Waals surface area contributed by atoms with Crippen LogP contribution in [-0.2, 0) is 13.1 Å². The van der Waals surface area contributed by atoms with E-state index in [1.54, 1.807) is 10.7 Å². The molecule has 1 N–H and O–H groups in total. The predicted molar refractivity (Wildman–Crippen MR) is 77.6 cm³/mol. The molecular formula is C13H16Cl2N4. The monoisotopic (exact) mass is 298 g/mol. The van der Waals surface area contributed by atoms with E-state index in [4.69, 9.17) is 23.2 Å². The first-order valence-electron chi connectivity index (χ1n) is 6.11. The number of aromatic nitrogens is 3. The fourth-order valence-electron chi connectivity index (χ4n) is 1.63. The molecule has 4 nitrogen and oxygen atoms in total. The number of hydrogen-bond acceptors (Lipinski definition) is 3. The van der Waals surface area contributed by atoms with Crippen LogP contribution in [0.3, 0.4) is 0 Å². The van der Waals surface area contributed by atoms with Gasteiger partial charge in [0.1, 0.15) is 0 Å². The summed E-state index contributed by atoms with van der Waals surface area (Å²) in [6.45, 7) is 5.55. The van der Waals surface area contributed by atoms with Crippen LogP contribution in [0.1, 0.15) is 25.1 Å². The maximum absolute atomic E-state index is 5.98. The lowest BCUT2D eigenvalue weighted by molar-refractivity contribution is 0.580. The van der Waals surface area contributed by atoms with Crippen molar-refractivity contribution in [2.24, 2.45) is 0 Å². The van der Waals surface area contributed by atoms with E-state index >= 15 is 0 Å². The highest BCUT2D eigenvalue weighted by molar-refractivity contribution is 6.42. The molecule has 0 fully saturated rings. The average molecular weight is 299 g/mol. The maximum atomic E-state index is 5.98. The standard InChI is InChI=1S/C13H16Cl2N4/c1-9(2)16-6-11-8-19(18-17-11)7-10-3-4-12(14)13(15)5-10/h3-5,8-9,16H,6-7H2,1-2H3. The molecule has 0 aliphatic heterocycles. The Bertz CT molecular complexity index is 551. The smallest absolute Gasteiger partial charge is 0.0965 e. The number of nitrogens with one attached hydrogen (secondary N) is 1. The topological polar surface area (TPSA) is 42.7 Å². The Labute approximate surface area is 122 Å². The molecule has 0 bridgehead atoms. The second kappa shape index (κ2) is 6.37. The molecule has 0 amide bonds. The quantitative estimate of drug-likeness (QED) is 0.922. The second-order valence-electron chi connectivity index (χ2n) is 4.69. The third-order valence-corrected chi connectivity index (χ3v) is 3.35. The molecule has 1 heterocycles. The molecule has 0 unspecified atom stereocenters. The summed E-state index contributed by atoms with van der Waals surface area (Å²) in [7, 11) is 0. The van der Waals surface area contributed by atoms with Crippen LogP contribution in [-0.4, -0.2) is 21.0 Å². The van der Waals surface area contributed by atoms with Gasteiger partial charge in [-0.15, -0.1) is 5.10 Å². The van der Waals surface area contributed by atoms with E-state index in [1.165, 1.54) is 0 Å². The maximum Gasteiger partial charge on any atom is 0.0965 e. The molecule has 2 rings (SSSR count). The number of halogens is 2. The molecule has 0 saturated heterocycles. The summed E-state index contributed by atoms with van der Waals surface area (Å²) in [5.74, 6) is 0. The molecule has 1 aromatic carbocycles. The van der Waals surface area contributed by atoms with Crippen LogP contribution in [0.4, 0.5) is 0 Å². The highest BCUT2D eigenvalue weighted by Crippen LogP contribution is 2.22. The van der Waals surface area contributed by atoms with Crippen LogP contribution in [0.5, 0.6) is 0 Å². The van der Waals surface area contributed by atoms with Gasteiger partial charge in [-0.1, -0.05) is 48.3 Å². The third-order valence-electron chi connectivity index (χ3n) is 2.61. The van der Waals surface area contributed by atoms with Crippen molar-refractivity contribution in [2.45, 2.75) is 33.0 Å². The van der Waals surface area contributed by atoms with Crippen molar-refractivity contribution < 1.29 is 0 Å². The molecule has 0 aliphatic carbocycles. The molecule has 0 aliphatic rings. The molecule has 0 saturated carbocycles. The van der Waals surface area contributed by atoms with Crippen molar-refractivity contribution in [3.63, 3.8) is 0 Å². The average Bonchev–Trinajstić information content (AvgIpc) is 2.79. The van der Waals surface area contributed by atoms with E-state index in [9.17, 15) is 0 Å². The number of nitrogens with zero attached hydrogens (tertiary/aromatic N) is 3. The van der Waals surface area contributed by atoms with Crippen LogP contribution in [0, 0.1) is 0 Å². The Morgan fingerprint density at radius 3 is 2.74 bits per heavy atom. The summed E-state index contributed by atoms with van der Waals surface area (Å²) in [6.07, 6.45) is 1.93. The minimum atomic E-state index is 0.431. The fraction of sp³-hybridized carbons (Fsp3) is 0.385. The van der Waals surface area contributed by atoms with Crippen molar-refractivity contribution >= 4 is 23.2 Å². The van der Waals surface area contributed by atoms with Gasteiger partial charge < -0.3 is 5.32 Å². The van der Waals surface area contributed by atoms with Crippen LogP contribution < -0.4 is 5.32 Å². The van der Waals surface area contributed by atoms with Crippen LogP contribution in [0.2, 0.25) is 10.0 Å². The Hall–Kier alpha value is -1.10. The van der Waals surface area contributed by atoms with Gasteiger partial charge in [-0.25, -0.2) is 4.68 Å². The van der Waals surface area contributed by atoms with E-state index < -0.39 is 0 Å². The van der Waals surface area contributed by atoms with Crippen LogP contribution in [0.25, 0.3) is 0 Å². The lowest BCUT2D eigenvalue weighted by Crippen LogP contribution is -2.21. The highest BCUT2D eigenvalue weighted by atomic mass is 35.5. The number of benzene rings is 1. The Morgan fingerprint density at radius 1 is 1.26 bits per heavy atom. The van der Waals surface area contributed by atoms with Crippen LogP contribution >= 0.6 is 23.2 Å². The minimum Gasteiger partial charge on any atom is -0.309 e. The van der Waals surface area contributed by atoms with Crippen molar-refractivity contribution in [1.29, 1.82) is 0 Å². The molecule has 0 atom stereocenters. The second-order valence-corrected chi connectivity index (χ2v) is 5.51. The summed E-state index contributed by atoms with van der Waals surface area (Å²) < 4.78 is 1.79. The van der Waals surface area contributed by atoms with Crippen molar-refractivity contribution in [3.05, 3.63) is 45.7 Å². The Balaban J connectivity index is 2.01. The first-order valence-corrected chi connectivity index (χ1v) is 6.86. The third kappa shape index (κ3) is 4.20. The van der Waals surface area contributed by atoms with E-state index in [-0.39, 0.29) is 0 Å². The Kier molecular flexibility index (Phi) is 4.80. The number of hydrogen-bond donors (Lipinski definition) is 1. The molecule has 1 aromatic heterocycles. The van der Waals surface area contributed by atoms with Gasteiger partial charge >= 0.3 is 0 Å². The molecule has 19 heavy (non-hydrogen) atoms. The zero-order valence-corrected chi connectivity index (χ0v) is 12.4. The normalized spacial score (nSPS) is 11.2. The summed E-state index contributed by atoms with van der Waals surface area (Å²) in [5, 5.41) is 12.6. The molecular weight excluding hydrogens is 283 g/mol. The van der Waals surface area contributed by atoms with Crippen LogP contribution in [0.15, 0.2) is 24.4 Å². The highest BCUT2D eigenvalue weighted by Gasteiger charge is 2.04. The lowest BCUT2D eigenvalue weighted by atomic mass is 10.2. The predicted octanol–water partition coefficient (Wildman–Crippen LogP) is 3.13. The largest absolute Gasteiger partial charge is 0.309 e. The van der Waals surface area contributed by atoms with Gasteiger partial charge in [0.2, 0.25) is 0 Å². The van der Waals surface area contributed by atoms with Gasteiger partial charge in [0, 0.05) is 12.6 Å². The van der Waals surface area contributed by atoms with E-state index in [1.807, 2.05) is 18.3 Å². The van der Waals surface area contributed by atoms with Gasteiger partial charge in [0.15, 0.2) is 0 Å². The van der Waals surface area contributed by atoms with Gasteiger partial charge in [-0.2, -0.15) is 0 Å². The molecule has 102 valence electrons. The Morgan fingerprint density at radius 2 is 2.05 bits per heavy atom.